The first-order chi connectivity index (χ1) is 10.9. The summed E-state index contributed by atoms with van der Waals surface area (Å²) in [6.45, 7) is 6.33. The van der Waals surface area contributed by atoms with E-state index in [2.05, 4.69) is 6.58 Å². The molecule has 1 N–H and O–H groups in total. The van der Waals surface area contributed by atoms with Crippen LogP contribution in [0.25, 0.3) is 0 Å². The molecule has 1 heterocycles. The molecule has 23 heavy (non-hydrogen) atoms. The Labute approximate surface area is 138 Å². The lowest BCUT2D eigenvalue weighted by atomic mass is 9.79. The predicted molar refractivity (Wildman–Crippen MR) is 90.1 cm³/mol. The van der Waals surface area contributed by atoms with Crippen molar-refractivity contribution in [2.45, 2.75) is 31.1 Å². The number of piperidine rings is 1. The van der Waals surface area contributed by atoms with E-state index in [-0.39, 0.29) is 11.5 Å². The smallest absolute Gasteiger partial charge is 0.246 e. The van der Waals surface area contributed by atoms with E-state index in [1.807, 2.05) is 6.92 Å². The minimum atomic E-state index is -3.66. The summed E-state index contributed by atoms with van der Waals surface area (Å²) in [7, 11) is -2.19. The Morgan fingerprint density at radius 2 is 2.22 bits per heavy atom. The summed E-state index contributed by atoms with van der Waals surface area (Å²) in [5, 5.41) is 9.77. The third kappa shape index (κ3) is 3.59. The van der Waals surface area contributed by atoms with Crippen LogP contribution in [0, 0.1) is 12.3 Å². The van der Waals surface area contributed by atoms with E-state index in [0.29, 0.717) is 25.3 Å². The largest absolute Gasteiger partial charge is 0.495 e. The maximum atomic E-state index is 13.0. The Hall–Kier alpha value is -1.37. The molecule has 1 aliphatic rings. The normalized spacial score (nSPS) is 22.7. The lowest BCUT2D eigenvalue weighted by molar-refractivity contribution is 0.0669. The van der Waals surface area contributed by atoms with Crippen molar-refractivity contribution in [2.75, 3.05) is 26.8 Å². The van der Waals surface area contributed by atoms with Crippen molar-refractivity contribution >= 4 is 10.0 Å². The highest BCUT2D eigenvalue weighted by atomic mass is 32.2. The van der Waals surface area contributed by atoms with E-state index in [4.69, 9.17) is 4.74 Å². The zero-order chi connectivity index (χ0) is 17.1. The van der Waals surface area contributed by atoms with Crippen molar-refractivity contribution in [2.24, 2.45) is 5.41 Å². The minimum absolute atomic E-state index is 0.0456. The first kappa shape index (κ1) is 18.0. The van der Waals surface area contributed by atoms with Crippen molar-refractivity contribution in [3.8, 4) is 5.75 Å². The molecule has 0 aromatic heterocycles. The van der Waals surface area contributed by atoms with Crippen LogP contribution in [0.1, 0.15) is 24.8 Å². The molecule has 1 aromatic rings. The van der Waals surface area contributed by atoms with Crippen LogP contribution in [0.3, 0.4) is 0 Å². The van der Waals surface area contributed by atoms with Crippen LogP contribution in [-0.2, 0) is 10.0 Å². The van der Waals surface area contributed by atoms with Crippen molar-refractivity contribution in [1.29, 1.82) is 0 Å². The first-order valence-corrected chi connectivity index (χ1v) is 9.19. The Bertz CT molecular complexity index is 671. The molecule has 0 radical (unpaired) electrons. The van der Waals surface area contributed by atoms with Crippen molar-refractivity contribution in [3.63, 3.8) is 0 Å². The quantitative estimate of drug-likeness (QED) is 0.808. The van der Waals surface area contributed by atoms with Crippen LogP contribution in [0.4, 0.5) is 0 Å². The van der Waals surface area contributed by atoms with Gasteiger partial charge in [-0.3, -0.25) is 0 Å². The summed E-state index contributed by atoms with van der Waals surface area (Å²) in [5.74, 6) is 0.355. The maximum Gasteiger partial charge on any atom is 0.246 e. The van der Waals surface area contributed by atoms with Crippen LogP contribution in [-0.4, -0.2) is 44.6 Å². The molecule has 0 bridgehead atoms. The van der Waals surface area contributed by atoms with E-state index in [1.165, 1.54) is 11.4 Å². The fourth-order valence-electron chi connectivity index (χ4n) is 3.16. The van der Waals surface area contributed by atoms with Gasteiger partial charge in [0.05, 0.1) is 13.7 Å². The van der Waals surface area contributed by atoms with Gasteiger partial charge in [-0.25, -0.2) is 8.42 Å². The summed E-state index contributed by atoms with van der Waals surface area (Å²) in [5.41, 5.74) is 0.501. The molecule has 128 valence electrons. The van der Waals surface area contributed by atoms with Crippen LogP contribution >= 0.6 is 0 Å². The minimum Gasteiger partial charge on any atom is -0.495 e. The van der Waals surface area contributed by atoms with E-state index in [1.54, 1.807) is 24.3 Å². The fraction of sp³-hybridized carbons (Fsp3) is 0.529. The van der Waals surface area contributed by atoms with Crippen LogP contribution < -0.4 is 4.74 Å². The van der Waals surface area contributed by atoms with E-state index >= 15 is 0 Å². The van der Waals surface area contributed by atoms with Gasteiger partial charge in [-0.2, -0.15) is 4.31 Å². The zero-order valence-electron chi connectivity index (χ0n) is 13.8. The number of benzene rings is 1. The number of aryl methyl sites for hydroxylation is 1. The zero-order valence-corrected chi connectivity index (χ0v) is 14.6. The van der Waals surface area contributed by atoms with Gasteiger partial charge >= 0.3 is 0 Å². The van der Waals surface area contributed by atoms with Gasteiger partial charge in [-0.15, -0.1) is 6.58 Å². The summed E-state index contributed by atoms with van der Waals surface area (Å²) in [6.07, 6.45) is 3.87. The molecule has 5 nitrogen and oxygen atoms in total. The number of aliphatic hydroxyl groups excluding tert-OH is 1. The first-order valence-electron chi connectivity index (χ1n) is 7.75. The SMILES string of the molecule is C=CC[C@@]1(CO)CCCN(S(=O)(=O)c2ccc(C)cc2OC)C1. The Balaban J connectivity index is 2.38. The standard InChI is InChI=1S/C17H25NO4S/c1-4-8-17(13-19)9-5-10-18(12-17)23(20,21)16-7-6-14(2)11-15(16)22-3/h4,6-7,11,19H,1,5,8-10,12-13H2,2-3H3/t17-/m1/s1. The van der Waals surface area contributed by atoms with Crippen molar-refractivity contribution in [1.82, 2.24) is 4.31 Å². The monoisotopic (exact) mass is 339 g/mol. The maximum absolute atomic E-state index is 13.0. The van der Waals surface area contributed by atoms with Gasteiger partial charge in [0.25, 0.3) is 0 Å². The number of allylic oxidation sites excluding steroid dienone is 1. The number of ether oxygens (including phenoxy) is 1. The van der Waals surface area contributed by atoms with Gasteiger partial charge in [-0.05, 0) is 43.9 Å². The van der Waals surface area contributed by atoms with Crippen LogP contribution in [0.15, 0.2) is 35.7 Å². The number of hydrogen-bond acceptors (Lipinski definition) is 4. The molecule has 1 aromatic carbocycles. The number of sulfonamides is 1. The highest BCUT2D eigenvalue weighted by Gasteiger charge is 2.39. The van der Waals surface area contributed by atoms with Gasteiger partial charge in [0.1, 0.15) is 10.6 Å². The third-order valence-corrected chi connectivity index (χ3v) is 6.36. The average Bonchev–Trinajstić information content (AvgIpc) is 2.55. The molecule has 0 saturated carbocycles. The van der Waals surface area contributed by atoms with E-state index in [0.717, 1.165) is 18.4 Å². The van der Waals surface area contributed by atoms with E-state index < -0.39 is 15.4 Å². The molecule has 0 amide bonds. The number of nitrogens with zero attached hydrogens (tertiary/aromatic N) is 1. The second kappa shape index (κ2) is 7.03. The molecule has 0 unspecified atom stereocenters. The highest BCUT2D eigenvalue weighted by Crippen LogP contribution is 2.37. The highest BCUT2D eigenvalue weighted by molar-refractivity contribution is 7.89. The number of hydrogen-bond donors (Lipinski definition) is 1. The molecule has 6 heteroatoms. The van der Waals surface area contributed by atoms with Crippen LogP contribution in [0.2, 0.25) is 0 Å². The summed E-state index contributed by atoms with van der Waals surface area (Å²) in [6, 6.07) is 5.08. The fourth-order valence-corrected chi connectivity index (χ4v) is 4.89. The molecule has 1 fully saturated rings. The number of methoxy groups -OCH3 is 1. The Morgan fingerprint density at radius 3 is 2.83 bits per heavy atom. The molecule has 1 atom stereocenters. The molecular weight excluding hydrogens is 314 g/mol. The second-order valence-corrected chi connectivity index (χ2v) is 8.15. The number of rotatable bonds is 6. The molecule has 1 aliphatic heterocycles. The Kier molecular flexibility index (Phi) is 5.49. The van der Waals surface area contributed by atoms with Gasteiger partial charge in [-0.1, -0.05) is 12.1 Å². The van der Waals surface area contributed by atoms with Gasteiger partial charge in [0.2, 0.25) is 10.0 Å². The Morgan fingerprint density at radius 1 is 1.48 bits per heavy atom. The lowest BCUT2D eigenvalue weighted by Crippen LogP contribution is -2.47. The number of aliphatic hydroxyl groups is 1. The van der Waals surface area contributed by atoms with Crippen molar-refractivity contribution < 1.29 is 18.3 Å². The third-order valence-electron chi connectivity index (χ3n) is 4.48. The average molecular weight is 339 g/mol. The summed E-state index contributed by atoms with van der Waals surface area (Å²) < 4.78 is 32.8. The van der Waals surface area contributed by atoms with Gasteiger partial charge < -0.3 is 9.84 Å². The molecular formula is C17H25NO4S. The van der Waals surface area contributed by atoms with Gasteiger partial charge in [0.15, 0.2) is 0 Å². The van der Waals surface area contributed by atoms with Crippen molar-refractivity contribution in [3.05, 3.63) is 36.4 Å². The predicted octanol–water partition coefficient (Wildman–Crippen LogP) is 2.34. The van der Waals surface area contributed by atoms with Gasteiger partial charge in [0, 0.05) is 18.5 Å². The lowest BCUT2D eigenvalue weighted by Gasteiger charge is -2.40. The summed E-state index contributed by atoms with van der Waals surface area (Å²) in [4.78, 5) is 0.179. The van der Waals surface area contributed by atoms with E-state index in [9.17, 15) is 13.5 Å². The molecule has 0 spiro atoms. The summed E-state index contributed by atoms with van der Waals surface area (Å²) >= 11 is 0. The topological polar surface area (TPSA) is 66.8 Å². The molecule has 1 saturated heterocycles. The van der Waals surface area contributed by atoms with Crippen LogP contribution in [0.5, 0.6) is 5.75 Å². The molecule has 0 aliphatic carbocycles. The second-order valence-electron chi connectivity index (χ2n) is 6.25. The molecule has 2 rings (SSSR count).